The molecule has 0 aliphatic carbocycles. The van der Waals surface area contributed by atoms with E-state index in [2.05, 4.69) is 15.3 Å². The van der Waals surface area contributed by atoms with Crippen LogP contribution >= 0.6 is 11.6 Å². The van der Waals surface area contributed by atoms with Crippen LogP contribution in [0.3, 0.4) is 0 Å². The summed E-state index contributed by atoms with van der Waals surface area (Å²) in [6.07, 6.45) is 0.902. The van der Waals surface area contributed by atoms with Crippen molar-refractivity contribution in [2.45, 2.75) is 0 Å². The van der Waals surface area contributed by atoms with Gasteiger partial charge in [0.2, 0.25) is 11.1 Å². The Hall–Kier alpha value is -1.96. The van der Waals surface area contributed by atoms with Crippen molar-refractivity contribution in [2.24, 2.45) is 0 Å². The van der Waals surface area contributed by atoms with Crippen LogP contribution in [-0.2, 0) is 4.79 Å². The van der Waals surface area contributed by atoms with E-state index in [0.29, 0.717) is 0 Å². The van der Waals surface area contributed by atoms with E-state index in [1.165, 1.54) is 0 Å². The van der Waals surface area contributed by atoms with Gasteiger partial charge in [0.05, 0.1) is 4.92 Å². The number of nitro groups is 1. The highest BCUT2D eigenvalue weighted by Crippen LogP contribution is 2.21. The predicted molar refractivity (Wildman–Crippen MR) is 49.8 cm³/mol. The number of hydrogen-bond donors (Lipinski definition) is 2. The molecular weight excluding hydrogens is 228 g/mol. The maximum atomic E-state index is 10.5. The quantitative estimate of drug-likeness (QED) is 0.442. The SMILES string of the molecule is O=C(O)CNc1nc(Cl)ncc1[N+](=O)[O-]. The summed E-state index contributed by atoms with van der Waals surface area (Å²) in [6.45, 7) is -0.492. The van der Waals surface area contributed by atoms with Gasteiger partial charge >= 0.3 is 11.7 Å². The minimum Gasteiger partial charge on any atom is -0.480 e. The van der Waals surface area contributed by atoms with Gasteiger partial charge in [-0.25, -0.2) is 4.98 Å². The molecule has 0 fully saturated rings. The number of carbonyl (C=O) groups is 1. The second-order valence-corrected chi connectivity index (χ2v) is 2.72. The summed E-state index contributed by atoms with van der Waals surface area (Å²) in [6, 6.07) is 0. The number of hydrogen-bond acceptors (Lipinski definition) is 6. The van der Waals surface area contributed by atoms with Crippen molar-refractivity contribution >= 4 is 29.1 Å². The lowest BCUT2D eigenvalue weighted by atomic mass is 10.4. The van der Waals surface area contributed by atoms with Crippen LogP contribution in [0.4, 0.5) is 11.5 Å². The molecule has 0 aliphatic rings. The Morgan fingerprint density at radius 1 is 1.73 bits per heavy atom. The van der Waals surface area contributed by atoms with Gasteiger partial charge < -0.3 is 10.4 Å². The average Bonchev–Trinajstić information content (AvgIpc) is 2.14. The van der Waals surface area contributed by atoms with Gasteiger partial charge in [-0.15, -0.1) is 0 Å². The van der Waals surface area contributed by atoms with Crippen molar-refractivity contribution in [1.29, 1.82) is 0 Å². The van der Waals surface area contributed by atoms with Crippen LogP contribution in [-0.4, -0.2) is 32.5 Å². The zero-order valence-corrected chi connectivity index (χ0v) is 7.93. The number of rotatable bonds is 4. The first-order chi connectivity index (χ1) is 7.00. The van der Waals surface area contributed by atoms with Gasteiger partial charge in [0.25, 0.3) is 0 Å². The van der Waals surface area contributed by atoms with Gasteiger partial charge in [0.1, 0.15) is 12.7 Å². The Kier molecular flexibility index (Phi) is 3.34. The molecule has 0 bridgehead atoms. The molecule has 0 saturated carbocycles. The lowest BCUT2D eigenvalue weighted by Gasteiger charge is -2.02. The predicted octanol–water partition coefficient (Wildman–Crippen LogP) is 0.535. The van der Waals surface area contributed by atoms with Gasteiger partial charge in [-0.1, -0.05) is 0 Å². The van der Waals surface area contributed by atoms with Gasteiger partial charge in [-0.2, -0.15) is 4.98 Å². The van der Waals surface area contributed by atoms with E-state index in [0.717, 1.165) is 6.20 Å². The minimum atomic E-state index is -1.17. The van der Waals surface area contributed by atoms with Gasteiger partial charge in [0.15, 0.2) is 0 Å². The Bertz CT molecular complexity index is 410. The zero-order valence-electron chi connectivity index (χ0n) is 7.18. The molecule has 0 aliphatic heterocycles. The van der Waals surface area contributed by atoms with E-state index in [1.54, 1.807) is 0 Å². The Morgan fingerprint density at radius 2 is 2.40 bits per heavy atom. The maximum absolute atomic E-state index is 10.5. The first-order valence-electron chi connectivity index (χ1n) is 3.63. The van der Waals surface area contributed by atoms with Crippen LogP contribution in [0.15, 0.2) is 6.20 Å². The van der Waals surface area contributed by atoms with Gasteiger partial charge in [0, 0.05) is 0 Å². The van der Waals surface area contributed by atoms with Gasteiger partial charge in [-0.3, -0.25) is 14.9 Å². The average molecular weight is 233 g/mol. The highest BCUT2D eigenvalue weighted by atomic mass is 35.5. The number of aromatic nitrogens is 2. The zero-order chi connectivity index (χ0) is 11.4. The summed E-state index contributed by atoms with van der Waals surface area (Å²) in [4.78, 5) is 26.9. The fourth-order valence-corrected chi connectivity index (χ4v) is 0.910. The number of carboxylic acids is 1. The van der Waals surface area contributed by atoms with E-state index < -0.39 is 23.1 Å². The van der Waals surface area contributed by atoms with Crippen molar-refractivity contribution in [3.8, 4) is 0 Å². The maximum Gasteiger partial charge on any atom is 0.329 e. The van der Waals surface area contributed by atoms with Gasteiger partial charge in [-0.05, 0) is 11.6 Å². The number of nitrogens with zero attached hydrogens (tertiary/aromatic N) is 3. The molecule has 8 nitrogen and oxygen atoms in total. The summed E-state index contributed by atoms with van der Waals surface area (Å²) >= 11 is 5.40. The lowest BCUT2D eigenvalue weighted by Crippen LogP contribution is -2.14. The second-order valence-electron chi connectivity index (χ2n) is 2.38. The third-order valence-corrected chi connectivity index (χ3v) is 1.53. The first-order valence-corrected chi connectivity index (χ1v) is 4.01. The molecular formula is C6H5ClN4O4. The Balaban J connectivity index is 2.96. The van der Waals surface area contributed by atoms with Crippen LogP contribution in [0.1, 0.15) is 0 Å². The molecule has 2 N–H and O–H groups in total. The molecule has 1 aromatic heterocycles. The van der Waals surface area contributed by atoms with E-state index >= 15 is 0 Å². The highest BCUT2D eigenvalue weighted by Gasteiger charge is 2.16. The molecule has 0 radical (unpaired) electrons. The Labute approximate surface area is 88.1 Å². The summed E-state index contributed by atoms with van der Waals surface area (Å²) in [5.74, 6) is -1.39. The van der Waals surface area contributed by atoms with Crippen LogP contribution in [0.2, 0.25) is 5.28 Å². The molecule has 0 saturated heterocycles. The molecule has 15 heavy (non-hydrogen) atoms. The van der Waals surface area contributed by atoms with Crippen LogP contribution in [0, 0.1) is 10.1 Å². The number of nitrogens with one attached hydrogen (secondary N) is 1. The topological polar surface area (TPSA) is 118 Å². The van der Waals surface area contributed by atoms with E-state index in [-0.39, 0.29) is 11.1 Å². The standard InChI is InChI=1S/C6H5ClN4O4/c7-6-9-1-3(11(14)15)5(10-6)8-2-4(12)13/h1H,2H2,(H,12,13)(H,8,9,10). The van der Waals surface area contributed by atoms with E-state index in [9.17, 15) is 14.9 Å². The molecule has 0 aromatic carbocycles. The highest BCUT2D eigenvalue weighted by molar-refractivity contribution is 6.28. The number of aliphatic carboxylic acids is 1. The molecule has 1 aromatic rings. The molecule has 0 unspecified atom stereocenters. The van der Waals surface area contributed by atoms with E-state index in [1.807, 2.05) is 0 Å². The van der Waals surface area contributed by atoms with Crippen LogP contribution in [0.25, 0.3) is 0 Å². The Morgan fingerprint density at radius 3 is 2.93 bits per heavy atom. The lowest BCUT2D eigenvalue weighted by molar-refractivity contribution is -0.384. The number of carboxylic acid groups (broad SMARTS) is 1. The normalized spacial score (nSPS) is 9.67. The first kappa shape index (κ1) is 11.1. The number of anilines is 1. The van der Waals surface area contributed by atoms with Crippen molar-refractivity contribution in [3.63, 3.8) is 0 Å². The van der Waals surface area contributed by atoms with Crippen molar-refractivity contribution in [3.05, 3.63) is 21.6 Å². The molecule has 1 heterocycles. The summed E-state index contributed by atoms with van der Waals surface area (Å²) < 4.78 is 0. The largest absolute Gasteiger partial charge is 0.480 e. The summed E-state index contributed by atoms with van der Waals surface area (Å²) in [5.41, 5.74) is -0.430. The van der Waals surface area contributed by atoms with E-state index in [4.69, 9.17) is 16.7 Å². The fraction of sp³-hybridized carbons (Fsp3) is 0.167. The number of halogens is 1. The fourth-order valence-electron chi connectivity index (χ4n) is 0.777. The second kappa shape index (κ2) is 4.51. The molecule has 0 atom stereocenters. The molecule has 0 spiro atoms. The third-order valence-electron chi connectivity index (χ3n) is 1.34. The summed E-state index contributed by atoms with van der Waals surface area (Å²) in [5, 5.41) is 20.9. The van der Waals surface area contributed by atoms with Crippen molar-refractivity contribution in [2.75, 3.05) is 11.9 Å². The van der Waals surface area contributed by atoms with Crippen LogP contribution in [0.5, 0.6) is 0 Å². The van der Waals surface area contributed by atoms with Crippen molar-refractivity contribution in [1.82, 2.24) is 9.97 Å². The van der Waals surface area contributed by atoms with Crippen LogP contribution < -0.4 is 5.32 Å². The minimum absolute atomic E-state index is 0.200. The molecule has 80 valence electrons. The molecule has 9 heteroatoms. The van der Waals surface area contributed by atoms with Crippen molar-refractivity contribution < 1.29 is 14.8 Å². The molecule has 0 amide bonds. The monoisotopic (exact) mass is 232 g/mol. The summed E-state index contributed by atoms with van der Waals surface area (Å²) in [7, 11) is 0. The smallest absolute Gasteiger partial charge is 0.329 e. The molecule has 1 rings (SSSR count). The third kappa shape index (κ3) is 3.02.